The molecule has 0 spiro atoms. The quantitative estimate of drug-likeness (QED) is 0.683. The highest BCUT2D eigenvalue weighted by Gasteiger charge is 2.21. The fraction of sp³-hybridized carbons (Fsp3) is 1.00. The standard InChI is InChI=1S/C11H24N2/c1-9-6-5-7-12-10(9)8-13-11(2,3)4/h9-10,12-13H,5-8H2,1-4H3. The Labute approximate surface area is 82.5 Å². The molecule has 1 aliphatic rings. The fourth-order valence-electron chi connectivity index (χ4n) is 1.80. The van der Waals surface area contributed by atoms with Gasteiger partial charge in [-0.05, 0) is 46.1 Å². The summed E-state index contributed by atoms with van der Waals surface area (Å²) in [6.45, 7) is 11.3. The zero-order valence-corrected chi connectivity index (χ0v) is 9.48. The highest BCUT2D eigenvalue weighted by Crippen LogP contribution is 2.15. The summed E-state index contributed by atoms with van der Waals surface area (Å²) in [5.41, 5.74) is 0.249. The van der Waals surface area contributed by atoms with Crippen molar-refractivity contribution in [2.75, 3.05) is 13.1 Å². The fourth-order valence-corrected chi connectivity index (χ4v) is 1.80. The predicted octanol–water partition coefficient (Wildman–Crippen LogP) is 1.76. The topological polar surface area (TPSA) is 24.1 Å². The Bertz CT molecular complexity index is 149. The van der Waals surface area contributed by atoms with Crippen molar-refractivity contribution in [1.29, 1.82) is 0 Å². The van der Waals surface area contributed by atoms with Crippen LogP contribution >= 0.6 is 0 Å². The van der Waals surface area contributed by atoms with Crippen LogP contribution in [-0.4, -0.2) is 24.7 Å². The van der Waals surface area contributed by atoms with E-state index in [0.29, 0.717) is 6.04 Å². The van der Waals surface area contributed by atoms with Crippen molar-refractivity contribution >= 4 is 0 Å². The molecule has 0 aliphatic carbocycles. The lowest BCUT2D eigenvalue weighted by Crippen LogP contribution is -2.50. The van der Waals surface area contributed by atoms with Crippen molar-refractivity contribution < 1.29 is 0 Å². The minimum Gasteiger partial charge on any atom is -0.312 e. The first-order chi connectivity index (χ1) is 5.99. The molecule has 1 rings (SSSR count). The van der Waals surface area contributed by atoms with Crippen LogP contribution in [-0.2, 0) is 0 Å². The van der Waals surface area contributed by atoms with Gasteiger partial charge in [0.15, 0.2) is 0 Å². The molecule has 2 nitrogen and oxygen atoms in total. The maximum atomic E-state index is 3.58. The van der Waals surface area contributed by atoms with Crippen molar-refractivity contribution in [1.82, 2.24) is 10.6 Å². The van der Waals surface area contributed by atoms with E-state index in [2.05, 4.69) is 38.3 Å². The minimum absolute atomic E-state index is 0.249. The Kier molecular flexibility index (Phi) is 3.74. The van der Waals surface area contributed by atoms with Crippen molar-refractivity contribution in [3.05, 3.63) is 0 Å². The lowest BCUT2D eigenvalue weighted by atomic mass is 9.92. The molecule has 0 radical (unpaired) electrons. The Balaban J connectivity index is 2.27. The molecule has 2 unspecified atom stereocenters. The summed E-state index contributed by atoms with van der Waals surface area (Å²) in [5.74, 6) is 0.823. The first-order valence-corrected chi connectivity index (χ1v) is 5.47. The highest BCUT2D eigenvalue weighted by atomic mass is 15.0. The van der Waals surface area contributed by atoms with Crippen LogP contribution in [0.1, 0.15) is 40.5 Å². The molecule has 78 valence electrons. The lowest BCUT2D eigenvalue weighted by Gasteiger charge is -2.33. The van der Waals surface area contributed by atoms with Gasteiger partial charge in [-0.2, -0.15) is 0 Å². The Morgan fingerprint density at radius 1 is 1.38 bits per heavy atom. The van der Waals surface area contributed by atoms with E-state index in [4.69, 9.17) is 0 Å². The molecule has 0 aromatic heterocycles. The lowest BCUT2D eigenvalue weighted by molar-refractivity contribution is 0.269. The Morgan fingerprint density at radius 3 is 2.62 bits per heavy atom. The molecule has 0 saturated carbocycles. The number of nitrogens with one attached hydrogen (secondary N) is 2. The SMILES string of the molecule is CC1CCCNC1CNC(C)(C)C. The van der Waals surface area contributed by atoms with Crippen LogP contribution in [0, 0.1) is 5.92 Å². The van der Waals surface area contributed by atoms with E-state index in [-0.39, 0.29) is 5.54 Å². The molecular formula is C11H24N2. The van der Waals surface area contributed by atoms with Gasteiger partial charge in [0.1, 0.15) is 0 Å². The zero-order chi connectivity index (χ0) is 9.90. The third-order valence-electron chi connectivity index (χ3n) is 2.78. The maximum absolute atomic E-state index is 3.58. The predicted molar refractivity (Wildman–Crippen MR) is 57.9 cm³/mol. The largest absolute Gasteiger partial charge is 0.312 e. The van der Waals surface area contributed by atoms with Gasteiger partial charge in [-0.25, -0.2) is 0 Å². The second-order valence-corrected chi connectivity index (χ2v) is 5.31. The Hall–Kier alpha value is -0.0800. The third-order valence-corrected chi connectivity index (χ3v) is 2.78. The van der Waals surface area contributed by atoms with Crippen LogP contribution in [0.5, 0.6) is 0 Å². The van der Waals surface area contributed by atoms with E-state index in [0.717, 1.165) is 12.5 Å². The normalized spacial score (nSPS) is 30.5. The van der Waals surface area contributed by atoms with Gasteiger partial charge in [-0.3, -0.25) is 0 Å². The number of hydrogen-bond acceptors (Lipinski definition) is 2. The van der Waals surface area contributed by atoms with E-state index < -0.39 is 0 Å². The van der Waals surface area contributed by atoms with Crippen LogP contribution in [0.25, 0.3) is 0 Å². The average molecular weight is 184 g/mol. The molecule has 0 aromatic rings. The summed E-state index contributed by atoms with van der Waals surface area (Å²) in [5, 5.41) is 7.14. The summed E-state index contributed by atoms with van der Waals surface area (Å²) in [7, 11) is 0. The van der Waals surface area contributed by atoms with Gasteiger partial charge < -0.3 is 10.6 Å². The van der Waals surface area contributed by atoms with Crippen molar-refractivity contribution in [2.45, 2.75) is 52.1 Å². The molecule has 0 aromatic carbocycles. The van der Waals surface area contributed by atoms with Crippen LogP contribution in [0.2, 0.25) is 0 Å². The first-order valence-electron chi connectivity index (χ1n) is 5.47. The second kappa shape index (κ2) is 4.43. The number of hydrogen-bond donors (Lipinski definition) is 2. The van der Waals surface area contributed by atoms with Crippen LogP contribution < -0.4 is 10.6 Å². The van der Waals surface area contributed by atoms with Crippen molar-refractivity contribution in [3.8, 4) is 0 Å². The second-order valence-electron chi connectivity index (χ2n) is 5.31. The van der Waals surface area contributed by atoms with E-state index in [1.54, 1.807) is 0 Å². The smallest absolute Gasteiger partial charge is 0.0218 e. The van der Waals surface area contributed by atoms with Crippen LogP contribution in [0.3, 0.4) is 0 Å². The summed E-state index contributed by atoms with van der Waals surface area (Å²) < 4.78 is 0. The highest BCUT2D eigenvalue weighted by molar-refractivity contribution is 4.83. The third kappa shape index (κ3) is 4.10. The van der Waals surface area contributed by atoms with E-state index in [1.165, 1.54) is 19.4 Å². The minimum atomic E-state index is 0.249. The van der Waals surface area contributed by atoms with E-state index in [1.807, 2.05) is 0 Å². The first kappa shape index (κ1) is 11.0. The molecule has 1 aliphatic heterocycles. The van der Waals surface area contributed by atoms with Gasteiger partial charge in [0.05, 0.1) is 0 Å². The molecule has 2 atom stereocenters. The molecule has 2 heteroatoms. The zero-order valence-electron chi connectivity index (χ0n) is 9.48. The summed E-state index contributed by atoms with van der Waals surface area (Å²) in [4.78, 5) is 0. The number of rotatable bonds is 2. The maximum Gasteiger partial charge on any atom is 0.0218 e. The van der Waals surface area contributed by atoms with Gasteiger partial charge >= 0.3 is 0 Å². The van der Waals surface area contributed by atoms with Crippen LogP contribution in [0.15, 0.2) is 0 Å². The van der Waals surface area contributed by atoms with E-state index in [9.17, 15) is 0 Å². The van der Waals surface area contributed by atoms with Gasteiger partial charge in [-0.15, -0.1) is 0 Å². The molecule has 1 fully saturated rings. The van der Waals surface area contributed by atoms with Crippen molar-refractivity contribution in [2.24, 2.45) is 5.92 Å². The summed E-state index contributed by atoms with van der Waals surface area (Å²) in [6, 6.07) is 0.674. The van der Waals surface area contributed by atoms with Gasteiger partial charge in [0, 0.05) is 18.1 Å². The molecule has 13 heavy (non-hydrogen) atoms. The molecule has 2 N–H and O–H groups in total. The number of piperidine rings is 1. The average Bonchev–Trinajstić information content (AvgIpc) is 2.01. The Morgan fingerprint density at radius 2 is 2.08 bits per heavy atom. The van der Waals surface area contributed by atoms with Gasteiger partial charge in [0.2, 0.25) is 0 Å². The molecular weight excluding hydrogens is 160 g/mol. The van der Waals surface area contributed by atoms with Crippen LogP contribution in [0.4, 0.5) is 0 Å². The molecule has 0 amide bonds. The van der Waals surface area contributed by atoms with Gasteiger partial charge in [-0.1, -0.05) is 6.92 Å². The van der Waals surface area contributed by atoms with Gasteiger partial charge in [0.25, 0.3) is 0 Å². The molecule has 1 saturated heterocycles. The monoisotopic (exact) mass is 184 g/mol. The summed E-state index contributed by atoms with van der Waals surface area (Å²) in [6.07, 6.45) is 2.72. The summed E-state index contributed by atoms with van der Waals surface area (Å²) >= 11 is 0. The van der Waals surface area contributed by atoms with Crippen molar-refractivity contribution in [3.63, 3.8) is 0 Å². The van der Waals surface area contributed by atoms with E-state index >= 15 is 0 Å². The molecule has 0 bridgehead atoms. The molecule has 1 heterocycles.